The largest absolute Gasteiger partial charge is 0.235 e. The Morgan fingerprint density at radius 2 is 0.722 bits per heavy atom. The molecule has 0 atom stereocenters. The minimum atomic E-state index is 0.164. The maximum atomic E-state index is 10.5. The van der Waals surface area contributed by atoms with Crippen molar-refractivity contribution in [3.63, 3.8) is 0 Å². The highest BCUT2D eigenvalue weighted by atomic mass is 16.1. The highest BCUT2D eigenvalue weighted by Gasteiger charge is 2.23. The van der Waals surface area contributed by atoms with Crippen molar-refractivity contribution in [2.45, 2.75) is 75.3 Å². The monoisotopic (exact) mass is 476 g/mol. The van der Waals surface area contributed by atoms with E-state index in [9.17, 15) is 9.59 Å². The maximum absolute atomic E-state index is 10.5. The van der Waals surface area contributed by atoms with E-state index < -0.39 is 0 Å². The average molecular weight is 477 g/mol. The Balaban J connectivity index is 1.20. The fraction of sp³-hybridized carbons (Fsp3) is 0.375. The number of nitrogens with zero attached hydrogens (tertiary/aromatic N) is 2. The molecular weight excluding hydrogens is 444 g/mol. The van der Waals surface area contributed by atoms with Crippen molar-refractivity contribution in [3.05, 3.63) is 83.9 Å². The van der Waals surface area contributed by atoms with Crippen LogP contribution >= 0.6 is 0 Å². The third kappa shape index (κ3) is 5.62. The van der Waals surface area contributed by atoms with E-state index in [1.54, 1.807) is 12.2 Å². The number of carbonyl (C=O) groups excluding carboxylic acids is 2. The van der Waals surface area contributed by atoms with Gasteiger partial charge in [0.15, 0.2) is 0 Å². The van der Waals surface area contributed by atoms with E-state index in [4.69, 9.17) is 0 Å². The van der Waals surface area contributed by atoms with Crippen LogP contribution in [-0.2, 0) is 9.59 Å². The summed E-state index contributed by atoms with van der Waals surface area (Å²) in [7, 11) is 0. The molecule has 2 saturated carbocycles. The first kappa shape index (κ1) is 24.1. The molecule has 2 aliphatic carbocycles. The van der Waals surface area contributed by atoms with Gasteiger partial charge < -0.3 is 0 Å². The number of hydrogen-bond donors (Lipinski definition) is 0. The van der Waals surface area contributed by atoms with Gasteiger partial charge in [-0.2, -0.15) is 0 Å². The smallest absolute Gasteiger partial charge is 0.211 e. The fourth-order valence-corrected chi connectivity index (χ4v) is 5.98. The van der Waals surface area contributed by atoms with Crippen LogP contribution in [0.5, 0.6) is 0 Å². The predicted octanol–water partition coefficient (Wildman–Crippen LogP) is 7.74. The molecule has 0 saturated heterocycles. The zero-order valence-corrected chi connectivity index (χ0v) is 20.6. The lowest BCUT2D eigenvalue weighted by Crippen LogP contribution is -2.15. The van der Waals surface area contributed by atoms with E-state index in [0.29, 0.717) is 11.8 Å². The summed E-state index contributed by atoms with van der Waals surface area (Å²) in [4.78, 5) is 28.8. The van der Waals surface area contributed by atoms with Crippen LogP contribution in [0.1, 0.15) is 74.3 Å². The van der Waals surface area contributed by atoms with Crippen LogP contribution in [0.2, 0.25) is 0 Å². The fourth-order valence-electron chi connectivity index (χ4n) is 5.98. The molecule has 0 aromatic heterocycles. The molecular formula is C32H32N2O2. The minimum Gasteiger partial charge on any atom is -0.211 e. The third-order valence-corrected chi connectivity index (χ3v) is 8.18. The first-order chi connectivity index (χ1) is 17.7. The van der Waals surface area contributed by atoms with Crippen molar-refractivity contribution < 1.29 is 9.59 Å². The second-order valence-corrected chi connectivity index (χ2v) is 10.3. The highest BCUT2D eigenvalue weighted by Crippen LogP contribution is 2.36. The number of hydrogen-bond acceptors (Lipinski definition) is 4. The Labute approximate surface area is 213 Å². The van der Waals surface area contributed by atoms with Crippen LogP contribution in [0.3, 0.4) is 0 Å². The van der Waals surface area contributed by atoms with E-state index in [1.807, 2.05) is 0 Å². The van der Waals surface area contributed by atoms with Gasteiger partial charge in [-0.3, -0.25) is 0 Å². The maximum Gasteiger partial charge on any atom is 0.235 e. The van der Waals surface area contributed by atoms with Crippen molar-refractivity contribution in [2.75, 3.05) is 0 Å². The van der Waals surface area contributed by atoms with Gasteiger partial charge in [0.05, 0.1) is 12.1 Å². The van der Waals surface area contributed by atoms with Crippen LogP contribution in [0.15, 0.2) is 82.8 Å². The van der Waals surface area contributed by atoms with Gasteiger partial charge in [0, 0.05) is 0 Å². The summed E-state index contributed by atoms with van der Waals surface area (Å²) in [5, 5.41) is 0. The van der Waals surface area contributed by atoms with Gasteiger partial charge in [0.1, 0.15) is 0 Å². The van der Waals surface area contributed by atoms with Crippen molar-refractivity contribution in [2.24, 2.45) is 9.98 Å². The Hall–Kier alpha value is -3.58. The highest BCUT2D eigenvalue weighted by molar-refractivity contribution is 5.70. The van der Waals surface area contributed by atoms with Gasteiger partial charge in [-0.15, -0.1) is 0 Å². The SMILES string of the molecule is O=C=NC1CCC(c2ccc(-c3ccc(-c4ccc(C5CCC(N=C=O)CC5)cc4)cc3)cc2)CC1. The van der Waals surface area contributed by atoms with Gasteiger partial charge in [-0.1, -0.05) is 72.8 Å². The van der Waals surface area contributed by atoms with Crippen LogP contribution in [-0.4, -0.2) is 24.2 Å². The lowest BCUT2D eigenvalue weighted by atomic mass is 9.81. The molecule has 0 N–H and O–H groups in total. The molecule has 3 aromatic rings. The average Bonchev–Trinajstić information content (AvgIpc) is 2.95. The molecule has 36 heavy (non-hydrogen) atoms. The Bertz CT molecular complexity index is 1130. The number of rotatable bonds is 6. The lowest BCUT2D eigenvalue weighted by molar-refractivity contribution is 0.395. The van der Waals surface area contributed by atoms with Crippen LogP contribution in [0.25, 0.3) is 22.3 Å². The molecule has 0 bridgehead atoms. The lowest BCUT2D eigenvalue weighted by Gasteiger charge is -2.26. The van der Waals surface area contributed by atoms with Crippen molar-refractivity contribution >= 4 is 12.2 Å². The Morgan fingerprint density at radius 3 is 1.00 bits per heavy atom. The number of isocyanates is 2. The molecule has 3 aromatic carbocycles. The molecule has 0 spiro atoms. The van der Waals surface area contributed by atoms with Gasteiger partial charge in [0.25, 0.3) is 0 Å². The summed E-state index contributed by atoms with van der Waals surface area (Å²) in [6, 6.07) is 27.1. The van der Waals surface area contributed by atoms with Gasteiger partial charge in [0.2, 0.25) is 12.2 Å². The van der Waals surface area contributed by atoms with Crippen molar-refractivity contribution in [3.8, 4) is 22.3 Å². The first-order valence-corrected chi connectivity index (χ1v) is 13.2. The molecule has 0 heterocycles. The third-order valence-electron chi connectivity index (χ3n) is 8.18. The summed E-state index contributed by atoms with van der Waals surface area (Å²) in [5.74, 6) is 1.12. The van der Waals surface area contributed by atoms with E-state index in [2.05, 4.69) is 82.8 Å². The van der Waals surface area contributed by atoms with E-state index in [-0.39, 0.29) is 12.1 Å². The standard InChI is InChI=1S/C32H32N2O2/c35-21-33-31-17-13-29(14-18-31)27-9-5-25(6-10-27)23-1-2-24(4-3-23)26-7-11-28(12-8-26)30-15-19-32(20-16-30)34-22-36/h1-12,29-32H,13-20H2. The van der Waals surface area contributed by atoms with Gasteiger partial charge in [-0.25, -0.2) is 19.6 Å². The van der Waals surface area contributed by atoms with Crippen molar-refractivity contribution in [1.82, 2.24) is 0 Å². The minimum absolute atomic E-state index is 0.164. The molecule has 182 valence electrons. The first-order valence-electron chi connectivity index (χ1n) is 13.2. The number of benzene rings is 3. The normalized spacial score (nSPS) is 23.8. The summed E-state index contributed by atoms with van der Waals surface area (Å²) in [5.41, 5.74) is 7.67. The van der Waals surface area contributed by atoms with E-state index in [1.165, 1.54) is 33.4 Å². The zero-order chi connectivity index (χ0) is 24.7. The molecule has 0 amide bonds. The van der Waals surface area contributed by atoms with Crippen molar-refractivity contribution in [1.29, 1.82) is 0 Å². The molecule has 4 heteroatoms. The summed E-state index contributed by atoms with van der Waals surface area (Å²) < 4.78 is 0. The van der Waals surface area contributed by atoms with Gasteiger partial charge >= 0.3 is 0 Å². The van der Waals surface area contributed by atoms with Crippen LogP contribution in [0.4, 0.5) is 0 Å². The second kappa shape index (κ2) is 11.4. The predicted molar refractivity (Wildman–Crippen MR) is 144 cm³/mol. The topological polar surface area (TPSA) is 58.9 Å². The summed E-state index contributed by atoms with van der Waals surface area (Å²) in [6.45, 7) is 0. The van der Waals surface area contributed by atoms with Crippen LogP contribution < -0.4 is 0 Å². The zero-order valence-electron chi connectivity index (χ0n) is 20.6. The molecule has 2 fully saturated rings. The summed E-state index contributed by atoms with van der Waals surface area (Å²) in [6.07, 6.45) is 11.7. The van der Waals surface area contributed by atoms with Gasteiger partial charge in [-0.05, 0) is 96.6 Å². The summed E-state index contributed by atoms with van der Waals surface area (Å²) >= 11 is 0. The second-order valence-electron chi connectivity index (χ2n) is 10.3. The molecule has 2 aliphatic rings. The molecule has 4 nitrogen and oxygen atoms in total. The van der Waals surface area contributed by atoms with E-state index in [0.717, 1.165) is 51.4 Å². The quantitative estimate of drug-likeness (QED) is 0.270. The Morgan fingerprint density at radius 1 is 0.444 bits per heavy atom. The Kier molecular flexibility index (Phi) is 7.67. The molecule has 0 unspecified atom stereocenters. The van der Waals surface area contributed by atoms with E-state index >= 15 is 0 Å². The molecule has 0 aliphatic heterocycles. The molecule has 0 radical (unpaired) electrons. The van der Waals surface area contributed by atoms with Crippen LogP contribution in [0, 0.1) is 0 Å². The molecule has 5 rings (SSSR count). The number of aliphatic imine (C=N–C) groups is 2.